The van der Waals surface area contributed by atoms with Crippen molar-refractivity contribution in [3.8, 4) is 0 Å². The SMILES string of the molecule is CC(C)N(C)Cc1cccc(CNC(=O)c2ccc3n[nH]c(I)c3c2)c1. The first kappa shape index (κ1) is 18.8. The van der Waals surface area contributed by atoms with Gasteiger partial charge in [0.2, 0.25) is 0 Å². The topological polar surface area (TPSA) is 61.0 Å². The third-order valence-electron chi connectivity index (χ3n) is 4.53. The maximum atomic E-state index is 12.5. The third kappa shape index (κ3) is 4.42. The number of nitrogens with one attached hydrogen (secondary N) is 2. The molecule has 136 valence electrons. The molecule has 1 heterocycles. The van der Waals surface area contributed by atoms with E-state index >= 15 is 0 Å². The van der Waals surface area contributed by atoms with Crippen molar-refractivity contribution < 1.29 is 4.79 Å². The number of fused-ring (bicyclic) bond motifs is 1. The van der Waals surface area contributed by atoms with E-state index < -0.39 is 0 Å². The van der Waals surface area contributed by atoms with Gasteiger partial charge in [0.25, 0.3) is 5.91 Å². The molecule has 0 saturated carbocycles. The maximum absolute atomic E-state index is 12.5. The minimum atomic E-state index is -0.0754. The summed E-state index contributed by atoms with van der Waals surface area (Å²) < 4.78 is 0.939. The maximum Gasteiger partial charge on any atom is 0.251 e. The first-order chi connectivity index (χ1) is 12.4. The molecule has 6 heteroatoms. The van der Waals surface area contributed by atoms with Gasteiger partial charge >= 0.3 is 0 Å². The number of hydrogen-bond donors (Lipinski definition) is 2. The highest BCUT2D eigenvalue weighted by Gasteiger charge is 2.10. The Morgan fingerprint density at radius 1 is 1.23 bits per heavy atom. The van der Waals surface area contributed by atoms with Gasteiger partial charge < -0.3 is 5.32 Å². The van der Waals surface area contributed by atoms with Crippen molar-refractivity contribution in [3.05, 3.63) is 62.9 Å². The van der Waals surface area contributed by atoms with Crippen molar-refractivity contribution in [3.63, 3.8) is 0 Å². The molecule has 3 aromatic rings. The average Bonchev–Trinajstić information content (AvgIpc) is 3.00. The van der Waals surface area contributed by atoms with E-state index in [2.05, 4.69) is 76.0 Å². The Bertz CT molecular complexity index is 919. The van der Waals surface area contributed by atoms with E-state index in [9.17, 15) is 4.79 Å². The Morgan fingerprint density at radius 3 is 2.77 bits per heavy atom. The lowest BCUT2D eigenvalue weighted by atomic mass is 10.1. The zero-order valence-corrected chi connectivity index (χ0v) is 17.4. The number of H-pyrrole nitrogens is 1. The zero-order chi connectivity index (χ0) is 18.7. The fourth-order valence-corrected chi connectivity index (χ4v) is 3.27. The summed E-state index contributed by atoms with van der Waals surface area (Å²) in [7, 11) is 2.12. The van der Waals surface area contributed by atoms with Crippen LogP contribution in [0.2, 0.25) is 0 Å². The summed E-state index contributed by atoms with van der Waals surface area (Å²) in [6.07, 6.45) is 0. The molecule has 26 heavy (non-hydrogen) atoms. The van der Waals surface area contributed by atoms with Crippen LogP contribution in [0.1, 0.15) is 35.3 Å². The third-order valence-corrected chi connectivity index (χ3v) is 5.35. The molecular formula is C20H23IN4O. The van der Waals surface area contributed by atoms with Crippen LogP contribution in [0.25, 0.3) is 10.9 Å². The fourth-order valence-electron chi connectivity index (χ4n) is 2.71. The number of nitrogens with zero attached hydrogens (tertiary/aromatic N) is 2. The van der Waals surface area contributed by atoms with Gasteiger partial charge in [-0.2, -0.15) is 5.10 Å². The van der Waals surface area contributed by atoms with Gasteiger partial charge in [-0.3, -0.25) is 14.8 Å². The Balaban J connectivity index is 1.66. The molecule has 0 bridgehead atoms. The molecule has 1 amide bonds. The smallest absolute Gasteiger partial charge is 0.251 e. The molecule has 5 nitrogen and oxygen atoms in total. The minimum absolute atomic E-state index is 0.0754. The minimum Gasteiger partial charge on any atom is -0.348 e. The van der Waals surface area contributed by atoms with Crippen LogP contribution in [-0.4, -0.2) is 34.1 Å². The monoisotopic (exact) mass is 462 g/mol. The highest BCUT2D eigenvalue weighted by Crippen LogP contribution is 2.19. The quantitative estimate of drug-likeness (QED) is 0.546. The lowest BCUT2D eigenvalue weighted by Gasteiger charge is -2.21. The highest BCUT2D eigenvalue weighted by atomic mass is 127. The van der Waals surface area contributed by atoms with Crippen molar-refractivity contribution in [1.82, 2.24) is 20.4 Å². The first-order valence-corrected chi connectivity index (χ1v) is 9.72. The standard InChI is InChI=1S/C20H23IN4O/c1-13(2)25(3)12-15-6-4-5-14(9-15)11-22-20(26)16-7-8-18-17(10-16)19(21)24-23-18/h4-10,13H,11-12H2,1-3H3,(H,22,26)(H,23,24). The first-order valence-electron chi connectivity index (χ1n) is 8.64. The van der Waals surface area contributed by atoms with Gasteiger partial charge in [0, 0.05) is 30.1 Å². The van der Waals surface area contributed by atoms with E-state index in [4.69, 9.17) is 0 Å². The molecule has 2 aromatic carbocycles. The molecule has 0 fully saturated rings. The lowest BCUT2D eigenvalue weighted by molar-refractivity contribution is 0.0951. The number of carbonyl (C=O) groups excluding carboxylic acids is 1. The molecular weight excluding hydrogens is 439 g/mol. The average molecular weight is 462 g/mol. The summed E-state index contributed by atoms with van der Waals surface area (Å²) in [5.74, 6) is -0.0754. The predicted octanol–water partition coefficient (Wildman–Crippen LogP) is 3.94. The number of amides is 1. The Hall–Kier alpha value is -1.93. The van der Waals surface area contributed by atoms with Crippen LogP contribution in [0, 0.1) is 3.70 Å². The summed E-state index contributed by atoms with van der Waals surface area (Å²) in [5, 5.41) is 11.1. The molecule has 0 atom stereocenters. The van der Waals surface area contributed by atoms with Crippen molar-refractivity contribution in [1.29, 1.82) is 0 Å². The normalized spacial score (nSPS) is 11.5. The van der Waals surface area contributed by atoms with E-state index in [0.29, 0.717) is 18.2 Å². The summed E-state index contributed by atoms with van der Waals surface area (Å²) >= 11 is 2.19. The fraction of sp³-hybridized carbons (Fsp3) is 0.300. The molecule has 0 aliphatic heterocycles. The van der Waals surface area contributed by atoms with Crippen LogP contribution in [0.3, 0.4) is 0 Å². The van der Waals surface area contributed by atoms with Gasteiger partial charge in [0.15, 0.2) is 0 Å². The molecule has 1 aromatic heterocycles. The molecule has 0 radical (unpaired) electrons. The van der Waals surface area contributed by atoms with E-state index in [1.54, 1.807) is 0 Å². The van der Waals surface area contributed by atoms with Gasteiger partial charge in [0.1, 0.15) is 3.70 Å². The van der Waals surface area contributed by atoms with Crippen LogP contribution in [-0.2, 0) is 13.1 Å². The van der Waals surface area contributed by atoms with E-state index in [1.807, 2.05) is 30.3 Å². The number of halogens is 1. The second kappa shape index (κ2) is 8.18. The highest BCUT2D eigenvalue weighted by molar-refractivity contribution is 14.1. The number of aromatic amines is 1. The molecule has 2 N–H and O–H groups in total. The van der Waals surface area contributed by atoms with Crippen LogP contribution in [0.4, 0.5) is 0 Å². The van der Waals surface area contributed by atoms with Gasteiger partial charge in [-0.1, -0.05) is 24.3 Å². The summed E-state index contributed by atoms with van der Waals surface area (Å²) in [6.45, 7) is 5.78. The summed E-state index contributed by atoms with van der Waals surface area (Å²) in [4.78, 5) is 14.8. The number of rotatable bonds is 6. The largest absolute Gasteiger partial charge is 0.348 e. The van der Waals surface area contributed by atoms with Crippen molar-refractivity contribution >= 4 is 39.4 Å². The van der Waals surface area contributed by atoms with E-state index in [0.717, 1.165) is 26.7 Å². The van der Waals surface area contributed by atoms with Crippen LogP contribution < -0.4 is 5.32 Å². The summed E-state index contributed by atoms with van der Waals surface area (Å²) in [6, 6.07) is 14.4. The molecule has 0 spiro atoms. The number of aromatic nitrogens is 2. The zero-order valence-electron chi connectivity index (χ0n) is 15.2. The van der Waals surface area contributed by atoms with Crippen LogP contribution >= 0.6 is 22.6 Å². The van der Waals surface area contributed by atoms with E-state index in [1.165, 1.54) is 5.56 Å². The van der Waals surface area contributed by atoms with E-state index in [-0.39, 0.29) is 5.91 Å². The van der Waals surface area contributed by atoms with Gasteiger partial charge in [0.05, 0.1) is 5.52 Å². The predicted molar refractivity (Wildman–Crippen MR) is 113 cm³/mol. The molecule has 0 saturated heterocycles. The van der Waals surface area contributed by atoms with Crippen molar-refractivity contribution in [2.45, 2.75) is 33.0 Å². The summed E-state index contributed by atoms with van der Waals surface area (Å²) in [5.41, 5.74) is 3.87. The molecule has 0 aliphatic rings. The Kier molecular flexibility index (Phi) is 5.93. The molecule has 3 rings (SSSR count). The lowest BCUT2D eigenvalue weighted by Crippen LogP contribution is -2.26. The Morgan fingerprint density at radius 2 is 2.00 bits per heavy atom. The molecule has 0 aliphatic carbocycles. The van der Waals surface area contributed by atoms with Crippen molar-refractivity contribution in [2.75, 3.05) is 7.05 Å². The number of benzene rings is 2. The number of hydrogen-bond acceptors (Lipinski definition) is 3. The Labute approximate surface area is 167 Å². The van der Waals surface area contributed by atoms with Crippen molar-refractivity contribution in [2.24, 2.45) is 0 Å². The van der Waals surface area contributed by atoms with Gasteiger partial charge in [-0.15, -0.1) is 0 Å². The van der Waals surface area contributed by atoms with Gasteiger partial charge in [-0.05, 0) is 72.8 Å². The second-order valence-corrected chi connectivity index (χ2v) is 7.86. The molecule has 0 unspecified atom stereocenters. The number of carbonyl (C=O) groups is 1. The van der Waals surface area contributed by atoms with Gasteiger partial charge in [-0.25, -0.2) is 0 Å². The van der Waals surface area contributed by atoms with Crippen LogP contribution in [0.5, 0.6) is 0 Å². The second-order valence-electron chi connectivity index (χ2n) is 6.78. The van der Waals surface area contributed by atoms with Crippen LogP contribution in [0.15, 0.2) is 42.5 Å².